The van der Waals surface area contributed by atoms with Crippen molar-refractivity contribution in [3.05, 3.63) is 24.2 Å². The predicted octanol–water partition coefficient (Wildman–Crippen LogP) is 2.53. The molecule has 2 rings (SSSR count). The van der Waals surface area contributed by atoms with Crippen molar-refractivity contribution in [3.8, 4) is 0 Å². The summed E-state index contributed by atoms with van der Waals surface area (Å²) in [6.45, 7) is 0. The summed E-state index contributed by atoms with van der Waals surface area (Å²) >= 11 is 1.89. The van der Waals surface area contributed by atoms with Gasteiger partial charge in [-0.25, -0.2) is 0 Å². The van der Waals surface area contributed by atoms with Gasteiger partial charge in [0.05, 0.1) is 6.26 Å². The van der Waals surface area contributed by atoms with E-state index in [1.165, 1.54) is 0 Å². The second-order valence-corrected chi connectivity index (χ2v) is 4.76. The first kappa shape index (κ1) is 9.84. The molecular weight excluding hydrogens is 196 g/mol. The first-order valence-corrected chi connectivity index (χ1v) is 6.14. The van der Waals surface area contributed by atoms with Crippen LogP contribution < -0.4 is 0 Å². The summed E-state index contributed by atoms with van der Waals surface area (Å²) in [6, 6.07) is 3.79. The molecule has 2 heterocycles. The number of carbonyl (C=O) groups excluding carboxylic acids is 1. The molecule has 1 aliphatic rings. The molecule has 3 heteroatoms. The molecule has 0 spiro atoms. The largest absolute Gasteiger partial charge is 0.469 e. The van der Waals surface area contributed by atoms with Gasteiger partial charge in [-0.2, -0.15) is 11.8 Å². The SMILES string of the molecule is O=C(CCc1ccco1)C1CCSC1. The molecule has 1 atom stereocenters. The average molecular weight is 210 g/mol. The average Bonchev–Trinajstić information content (AvgIpc) is 2.87. The molecule has 0 N–H and O–H groups in total. The molecule has 0 saturated carbocycles. The molecule has 1 unspecified atom stereocenters. The Bertz CT molecular complexity index is 286. The van der Waals surface area contributed by atoms with Crippen LogP contribution in [0.3, 0.4) is 0 Å². The molecule has 1 saturated heterocycles. The lowest BCUT2D eigenvalue weighted by Crippen LogP contribution is -2.13. The fourth-order valence-electron chi connectivity index (χ4n) is 1.69. The van der Waals surface area contributed by atoms with E-state index in [9.17, 15) is 4.79 Å². The van der Waals surface area contributed by atoms with Gasteiger partial charge in [0.25, 0.3) is 0 Å². The molecule has 1 aromatic heterocycles. The Hall–Kier alpha value is -0.700. The minimum Gasteiger partial charge on any atom is -0.469 e. The topological polar surface area (TPSA) is 30.2 Å². The Morgan fingerprint density at radius 2 is 2.57 bits per heavy atom. The summed E-state index contributed by atoms with van der Waals surface area (Å²) in [4.78, 5) is 11.7. The van der Waals surface area contributed by atoms with Crippen LogP contribution in [0, 0.1) is 5.92 Å². The Morgan fingerprint density at radius 1 is 1.64 bits per heavy atom. The van der Waals surface area contributed by atoms with Gasteiger partial charge in [-0.1, -0.05) is 0 Å². The molecule has 76 valence electrons. The van der Waals surface area contributed by atoms with Crippen molar-refractivity contribution < 1.29 is 9.21 Å². The van der Waals surface area contributed by atoms with E-state index in [1.807, 2.05) is 23.9 Å². The molecular formula is C11H14O2S. The Labute approximate surface area is 88.1 Å². The quantitative estimate of drug-likeness (QED) is 0.765. The number of rotatable bonds is 4. The first-order chi connectivity index (χ1) is 6.86. The number of thioether (sulfide) groups is 1. The monoisotopic (exact) mass is 210 g/mol. The van der Waals surface area contributed by atoms with E-state index in [0.29, 0.717) is 18.1 Å². The number of Topliss-reactive ketones (excluding diaryl/α,β-unsaturated/α-hetero) is 1. The maximum Gasteiger partial charge on any atom is 0.137 e. The third-order valence-corrected chi connectivity index (χ3v) is 3.75. The Kier molecular flexibility index (Phi) is 3.30. The maximum atomic E-state index is 11.7. The molecule has 0 radical (unpaired) electrons. The summed E-state index contributed by atoms with van der Waals surface area (Å²) in [5, 5.41) is 0. The van der Waals surface area contributed by atoms with Gasteiger partial charge in [0.15, 0.2) is 0 Å². The number of hydrogen-bond acceptors (Lipinski definition) is 3. The lowest BCUT2D eigenvalue weighted by molar-refractivity contribution is -0.122. The van der Waals surface area contributed by atoms with Crippen LogP contribution in [0.25, 0.3) is 0 Å². The minimum absolute atomic E-state index is 0.315. The zero-order valence-electron chi connectivity index (χ0n) is 8.07. The summed E-state index contributed by atoms with van der Waals surface area (Å²) in [5.41, 5.74) is 0. The minimum atomic E-state index is 0.315. The fraction of sp³-hybridized carbons (Fsp3) is 0.545. The molecule has 14 heavy (non-hydrogen) atoms. The van der Waals surface area contributed by atoms with Crippen molar-refractivity contribution in [3.63, 3.8) is 0 Å². The number of furan rings is 1. The Morgan fingerprint density at radius 3 is 3.21 bits per heavy atom. The number of hydrogen-bond donors (Lipinski definition) is 0. The fourth-order valence-corrected chi connectivity index (χ4v) is 2.95. The number of carbonyl (C=O) groups is 1. The molecule has 0 aromatic carbocycles. The maximum absolute atomic E-state index is 11.7. The van der Waals surface area contributed by atoms with Crippen LogP contribution in [-0.2, 0) is 11.2 Å². The molecule has 2 nitrogen and oxygen atoms in total. The van der Waals surface area contributed by atoms with Gasteiger partial charge in [0, 0.05) is 24.5 Å². The number of ketones is 1. The molecule has 0 bridgehead atoms. The van der Waals surface area contributed by atoms with Crippen molar-refractivity contribution in [2.24, 2.45) is 5.92 Å². The second kappa shape index (κ2) is 4.69. The first-order valence-electron chi connectivity index (χ1n) is 4.99. The van der Waals surface area contributed by atoms with Crippen LogP contribution in [0.1, 0.15) is 18.6 Å². The highest BCUT2D eigenvalue weighted by molar-refractivity contribution is 7.99. The highest BCUT2D eigenvalue weighted by atomic mass is 32.2. The summed E-state index contributed by atoms with van der Waals surface area (Å²) in [6.07, 6.45) is 4.12. The smallest absolute Gasteiger partial charge is 0.137 e. The van der Waals surface area contributed by atoms with Crippen molar-refractivity contribution in [1.82, 2.24) is 0 Å². The van der Waals surface area contributed by atoms with Crippen molar-refractivity contribution >= 4 is 17.5 Å². The van der Waals surface area contributed by atoms with Gasteiger partial charge in [-0.15, -0.1) is 0 Å². The highest BCUT2D eigenvalue weighted by Crippen LogP contribution is 2.25. The van der Waals surface area contributed by atoms with E-state index in [2.05, 4.69) is 0 Å². The third kappa shape index (κ3) is 2.41. The van der Waals surface area contributed by atoms with Crippen molar-refractivity contribution in [2.75, 3.05) is 11.5 Å². The second-order valence-electron chi connectivity index (χ2n) is 3.61. The zero-order valence-corrected chi connectivity index (χ0v) is 8.89. The third-order valence-electron chi connectivity index (χ3n) is 2.58. The van der Waals surface area contributed by atoms with Crippen LogP contribution >= 0.6 is 11.8 Å². The molecule has 1 aliphatic heterocycles. The molecule has 0 aliphatic carbocycles. The lowest BCUT2D eigenvalue weighted by Gasteiger charge is -2.05. The van der Waals surface area contributed by atoms with Crippen molar-refractivity contribution in [1.29, 1.82) is 0 Å². The van der Waals surface area contributed by atoms with Crippen LogP contribution in [0.4, 0.5) is 0 Å². The van der Waals surface area contributed by atoms with Crippen LogP contribution in [0.2, 0.25) is 0 Å². The van der Waals surface area contributed by atoms with Crippen LogP contribution in [0.5, 0.6) is 0 Å². The molecule has 1 fully saturated rings. The van der Waals surface area contributed by atoms with E-state index in [1.54, 1.807) is 6.26 Å². The molecule has 1 aromatic rings. The highest BCUT2D eigenvalue weighted by Gasteiger charge is 2.22. The van der Waals surface area contributed by atoms with E-state index >= 15 is 0 Å². The van der Waals surface area contributed by atoms with Gasteiger partial charge in [0.1, 0.15) is 11.5 Å². The lowest BCUT2D eigenvalue weighted by atomic mass is 9.99. The van der Waals surface area contributed by atoms with Crippen LogP contribution in [0.15, 0.2) is 22.8 Å². The number of aryl methyl sites for hydroxylation is 1. The van der Waals surface area contributed by atoms with Gasteiger partial charge in [-0.3, -0.25) is 4.79 Å². The van der Waals surface area contributed by atoms with E-state index in [0.717, 1.165) is 30.1 Å². The van der Waals surface area contributed by atoms with E-state index in [4.69, 9.17) is 4.42 Å². The van der Waals surface area contributed by atoms with E-state index in [-0.39, 0.29) is 0 Å². The summed E-state index contributed by atoms with van der Waals surface area (Å²) in [5.74, 6) is 3.82. The van der Waals surface area contributed by atoms with Gasteiger partial charge in [0.2, 0.25) is 0 Å². The summed E-state index contributed by atoms with van der Waals surface area (Å²) in [7, 11) is 0. The standard InChI is InChI=1S/C11H14O2S/c12-11(9-5-7-14-8-9)4-3-10-2-1-6-13-10/h1-2,6,9H,3-5,7-8H2. The predicted molar refractivity (Wildman–Crippen MR) is 57.5 cm³/mol. The summed E-state index contributed by atoms with van der Waals surface area (Å²) < 4.78 is 5.19. The normalized spacial score (nSPS) is 21.3. The Balaban J connectivity index is 1.77. The van der Waals surface area contributed by atoms with E-state index < -0.39 is 0 Å². The molecule has 0 amide bonds. The van der Waals surface area contributed by atoms with Crippen LogP contribution in [-0.4, -0.2) is 17.3 Å². The van der Waals surface area contributed by atoms with Gasteiger partial charge >= 0.3 is 0 Å². The van der Waals surface area contributed by atoms with Crippen molar-refractivity contribution in [2.45, 2.75) is 19.3 Å². The van der Waals surface area contributed by atoms with Gasteiger partial charge < -0.3 is 4.42 Å². The van der Waals surface area contributed by atoms with Gasteiger partial charge in [-0.05, 0) is 24.3 Å². The zero-order chi connectivity index (χ0) is 9.80.